The number of halogens is 2. The fourth-order valence-electron chi connectivity index (χ4n) is 7.07. The number of hydrogen-bond donors (Lipinski definition) is 0. The summed E-state index contributed by atoms with van der Waals surface area (Å²) < 4.78 is 1.18. The summed E-state index contributed by atoms with van der Waals surface area (Å²) in [5.41, 5.74) is 15.5. The third kappa shape index (κ3) is 5.76. The summed E-state index contributed by atoms with van der Waals surface area (Å²) in [5.74, 6) is 0. The Bertz CT molecular complexity index is 1850. The maximum Gasteiger partial charge on any atom is -1.00 e. The van der Waals surface area contributed by atoms with Crippen LogP contribution in [-0.4, -0.2) is 5.49 Å². The molecule has 0 aromatic heterocycles. The standard InChI is InChI=1S/C21H15.C16H13.C2H6Si.2ClH.Hf/c1-3-8-16(9-4-1)19-14-18-12-7-13-20(21(18)15-19)17-10-5-2-6-11-17;1-12-10-14-8-5-9-15(16(14)11-12)13-6-3-2-4-7-13;1-3-2;;;/h1-15H;2-11H,1H3;1-2H3;2*1H;/q;;;;;+2/p-2. The Morgan fingerprint density at radius 1 is 0.488 bits per heavy atom. The molecule has 0 nitrogen and oxygen atoms in total. The van der Waals surface area contributed by atoms with Crippen LogP contribution in [0.2, 0.25) is 13.1 Å². The van der Waals surface area contributed by atoms with E-state index in [-0.39, 0.29) is 24.8 Å². The predicted octanol–water partition coefficient (Wildman–Crippen LogP) is 4.65. The summed E-state index contributed by atoms with van der Waals surface area (Å²) in [7, 11) is 0. The molecule has 2 unspecified atom stereocenters. The quantitative estimate of drug-likeness (QED) is 0.228. The van der Waals surface area contributed by atoms with Gasteiger partial charge in [0.1, 0.15) is 0 Å². The van der Waals surface area contributed by atoms with Gasteiger partial charge >= 0.3 is 254 Å². The van der Waals surface area contributed by atoms with Crippen molar-refractivity contribution < 1.29 is 44.9 Å². The summed E-state index contributed by atoms with van der Waals surface area (Å²) in [6.45, 7) is 7.68. The van der Waals surface area contributed by atoms with Crippen molar-refractivity contribution in [1.82, 2.24) is 0 Å². The second-order valence-corrected chi connectivity index (χ2v) is 36.4. The zero-order valence-electron chi connectivity index (χ0n) is 24.7. The normalized spacial score (nSPS) is 16.0. The van der Waals surface area contributed by atoms with E-state index in [1.807, 2.05) is 0 Å². The molecule has 2 aliphatic rings. The Balaban J connectivity index is 0.00000184. The smallest absolute Gasteiger partial charge is 1.00 e. The number of fused-ring (bicyclic) bond motifs is 2. The van der Waals surface area contributed by atoms with Crippen molar-refractivity contribution in [1.29, 1.82) is 0 Å². The fourth-order valence-corrected chi connectivity index (χ4v) is 35.9. The van der Waals surface area contributed by atoms with E-state index in [0.717, 1.165) is 0 Å². The predicted molar refractivity (Wildman–Crippen MR) is 175 cm³/mol. The molecule has 0 heterocycles. The molecule has 2 aliphatic carbocycles. The first-order chi connectivity index (χ1) is 20.1. The van der Waals surface area contributed by atoms with Crippen LogP contribution in [0.25, 0.3) is 40.0 Å². The van der Waals surface area contributed by atoms with Crippen LogP contribution in [0.5, 0.6) is 0 Å². The Hall–Kier alpha value is -2.75. The molecule has 0 fully saturated rings. The van der Waals surface area contributed by atoms with Crippen molar-refractivity contribution in [3.05, 3.63) is 161 Å². The van der Waals surface area contributed by atoms with Gasteiger partial charge in [-0.2, -0.15) is 0 Å². The summed E-state index contributed by atoms with van der Waals surface area (Å²) in [4.78, 5) is 0. The van der Waals surface area contributed by atoms with Crippen LogP contribution in [0.3, 0.4) is 0 Å². The van der Waals surface area contributed by atoms with Gasteiger partial charge in [0.05, 0.1) is 0 Å². The topological polar surface area (TPSA) is 0 Å². The van der Waals surface area contributed by atoms with Crippen LogP contribution in [0.1, 0.15) is 42.1 Å². The second-order valence-electron chi connectivity index (χ2n) is 11.5. The van der Waals surface area contributed by atoms with Gasteiger partial charge in [-0.15, -0.1) is 0 Å². The number of rotatable bonds is 5. The molecule has 0 amide bonds. The molecular formula is C39H34Cl2HfSi. The Morgan fingerprint density at radius 3 is 1.42 bits per heavy atom. The molecule has 0 N–H and O–H groups in total. The van der Waals surface area contributed by atoms with E-state index in [9.17, 15) is 0 Å². The molecule has 5 aromatic rings. The summed E-state index contributed by atoms with van der Waals surface area (Å²) >= 11 is -2.48. The first-order valence-corrected chi connectivity index (χ1v) is 26.6. The summed E-state index contributed by atoms with van der Waals surface area (Å²) in [6.07, 6.45) is 5.11. The molecule has 0 saturated heterocycles. The Labute approximate surface area is 276 Å². The van der Waals surface area contributed by atoms with E-state index < -0.39 is 25.6 Å². The fraction of sp³-hybridized carbons (Fsp3) is 0.128. The van der Waals surface area contributed by atoms with Crippen molar-refractivity contribution in [2.75, 3.05) is 0 Å². The van der Waals surface area contributed by atoms with Crippen molar-refractivity contribution in [2.45, 2.75) is 27.4 Å². The Morgan fingerprint density at radius 2 is 0.930 bits per heavy atom. The zero-order valence-corrected chi connectivity index (χ0v) is 30.8. The van der Waals surface area contributed by atoms with Crippen LogP contribution in [0, 0.1) is 0 Å². The van der Waals surface area contributed by atoms with Crippen molar-refractivity contribution >= 4 is 23.2 Å². The molecule has 0 bridgehead atoms. The number of hydrogen-bond acceptors (Lipinski definition) is 0. The monoisotopic (exact) mass is 780 g/mol. The van der Waals surface area contributed by atoms with Crippen LogP contribution >= 0.6 is 0 Å². The molecule has 2 atom stereocenters. The average Bonchev–Trinajstić information content (AvgIpc) is 3.56. The van der Waals surface area contributed by atoms with E-state index in [1.54, 1.807) is 22.3 Å². The van der Waals surface area contributed by atoms with E-state index in [1.165, 1.54) is 38.9 Å². The molecule has 212 valence electrons. The summed E-state index contributed by atoms with van der Waals surface area (Å²) in [5, 5.41) is 0. The van der Waals surface area contributed by atoms with Crippen LogP contribution < -0.4 is 24.8 Å². The number of benzene rings is 5. The van der Waals surface area contributed by atoms with Crippen molar-refractivity contribution in [3.63, 3.8) is 0 Å². The average molecular weight is 780 g/mol. The van der Waals surface area contributed by atoms with Gasteiger partial charge in [-0.1, -0.05) is 0 Å². The van der Waals surface area contributed by atoms with Gasteiger partial charge < -0.3 is 24.8 Å². The van der Waals surface area contributed by atoms with Crippen molar-refractivity contribution in [2.24, 2.45) is 0 Å². The number of allylic oxidation sites excluding steroid dienone is 2. The van der Waals surface area contributed by atoms with Crippen LogP contribution in [0.15, 0.2) is 133 Å². The van der Waals surface area contributed by atoms with Gasteiger partial charge in [0, 0.05) is 0 Å². The van der Waals surface area contributed by atoms with Gasteiger partial charge in [0.15, 0.2) is 0 Å². The van der Waals surface area contributed by atoms with E-state index in [4.69, 9.17) is 0 Å². The minimum Gasteiger partial charge on any atom is -1.00 e. The Kier molecular flexibility index (Phi) is 9.93. The molecule has 0 saturated carbocycles. The first-order valence-electron chi connectivity index (χ1n) is 14.6. The SMILES string of the molecule is CC1=Cc2c(-c3ccccc3)cccc2[CH]1[Hf+2]([CH]1C(c2ccccc2)=Cc2c(-c3ccccc3)cccc21)=[Si](C)C.[Cl-].[Cl-]. The molecule has 4 heteroatoms. The van der Waals surface area contributed by atoms with Gasteiger partial charge in [-0.05, 0) is 0 Å². The third-order valence-electron chi connectivity index (χ3n) is 8.82. The maximum absolute atomic E-state index is 2.63. The molecule has 0 radical (unpaired) electrons. The van der Waals surface area contributed by atoms with Gasteiger partial charge in [0.25, 0.3) is 0 Å². The zero-order chi connectivity index (χ0) is 27.9. The van der Waals surface area contributed by atoms with Crippen LogP contribution in [-0.2, 0) is 20.1 Å². The third-order valence-corrected chi connectivity index (χ3v) is 36.6. The minimum atomic E-state index is -2.48. The van der Waals surface area contributed by atoms with Crippen LogP contribution in [0.4, 0.5) is 0 Å². The first kappa shape index (κ1) is 31.7. The second kappa shape index (κ2) is 13.5. The molecule has 5 aromatic carbocycles. The van der Waals surface area contributed by atoms with E-state index >= 15 is 0 Å². The van der Waals surface area contributed by atoms with Gasteiger partial charge in [0.2, 0.25) is 0 Å². The largest absolute Gasteiger partial charge is 1.00 e. The molecule has 7 rings (SSSR count). The van der Waals surface area contributed by atoms with Crippen molar-refractivity contribution in [3.8, 4) is 22.3 Å². The van der Waals surface area contributed by atoms with Gasteiger partial charge in [-0.25, -0.2) is 0 Å². The van der Waals surface area contributed by atoms with E-state index in [2.05, 4.69) is 160 Å². The molecule has 43 heavy (non-hydrogen) atoms. The maximum atomic E-state index is 2.63. The minimum absolute atomic E-state index is 0. The molecule has 0 spiro atoms. The van der Waals surface area contributed by atoms with Gasteiger partial charge in [-0.3, -0.25) is 0 Å². The summed E-state index contributed by atoms with van der Waals surface area (Å²) in [6, 6.07) is 47.4. The molecular weight excluding hydrogens is 746 g/mol. The molecule has 0 aliphatic heterocycles. The van der Waals surface area contributed by atoms with E-state index in [0.29, 0.717) is 7.35 Å².